The maximum atomic E-state index is 12.6. The molecule has 3 amide bonds. The van der Waals surface area contributed by atoms with Crippen molar-refractivity contribution in [1.29, 1.82) is 0 Å². The lowest BCUT2D eigenvalue weighted by molar-refractivity contribution is -0.126. The molecule has 182 valence electrons. The van der Waals surface area contributed by atoms with Crippen molar-refractivity contribution in [3.63, 3.8) is 0 Å². The summed E-state index contributed by atoms with van der Waals surface area (Å²) in [5.74, 6) is 1.85. The summed E-state index contributed by atoms with van der Waals surface area (Å²) in [6.07, 6.45) is 4.67. The summed E-state index contributed by atoms with van der Waals surface area (Å²) in [5.41, 5.74) is 1.79. The highest BCUT2D eigenvalue weighted by molar-refractivity contribution is 6.17. The van der Waals surface area contributed by atoms with Crippen molar-refractivity contribution in [2.24, 2.45) is 5.92 Å². The Balaban J connectivity index is 2.73. The van der Waals surface area contributed by atoms with Gasteiger partial charge in [0.2, 0.25) is 11.8 Å². The number of halogens is 1. The molecule has 33 heavy (non-hydrogen) atoms. The van der Waals surface area contributed by atoms with Crippen LogP contribution >= 0.6 is 11.6 Å². The Morgan fingerprint density at radius 3 is 2.42 bits per heavy atom. The van der Waals surface area contributed by atoms with E-state index in [1.807, 2.05) is 24.1 Å². The zero-order chi connectivity index (χ0) is 25.2. The minimum atomic E-state index is -0.839. The van der Waals surface area contributed by atoms with E-state index in [1.54, 1.807) is 40.7 Å². The van der Waals surface area contributed by atoms with Gasteiger partial charge in [-0.05, 0) is 57.0 Å². The third-order valence-electron chi connectivity index (χ3n) is 4.48. The van der Waals surface area contributed by atoms with E-state index in [4.69, 9.17) is 22.8 Å². The van der Waals surface area contributed by atoms with Crippen molar-refractivity contribution in [3.8, 4) is 12.3 Å². The summed E-state index contributed by atoms with van der Waals surface area (Å²) in [4.78, 5) is 39.0. The van der Waals surface area contributed by atoms with Crippen molar-refractivity contribution in [1.82, 2.24) is 15.5 Å². The lowest BCUT2D eigenvalue weighted by Gasteiger charge is -2.25. The summed E-state index contributed by atoms with van der Waals surface area (Å²) < 4.78 is 5.21. The molecular weight excluding hydrogens is 444 g/mol. The highest BCUT2D eigenvalue weighted by atomic mass is 35.5. The minimum Gasteiger partial charge on any atom is -0.444 e. The molecule has 0 heterocycles. The maximum absolute atomic E-state index is 12.6. The van der Waals surface area contributed by atoms with Crippen LogP contribution in [0.15, 0.2) is 18.2 Å². The van der Waals surface area contributed by atoms with E-state index in [0.717, 1.165) is 11.1 Å². The van der Waals surface area contributed by atoms with Crippen LogP contribution in [0.25, 0.3) is 0 Å². The van der Waals surface area contributed by atoms with Gasteiger partial charge in [-0.3, -0.25) is 14.5 Å². The number of terminal acetylenes is 1. The van der Waals surface area contributed by atoms with Crippen LogP contribution in [-0.2, 0) is 26.8 Å². The van der Waals surface area contributed by atoms with Gasteiger partial charge < -0.3 is 20.7 Å². The fourth-order valence-electron chi connectivity index (χ4n) is 2.94. The predicted octanol–water partition coefficient (Wildman–Crippen LogP) is 3.09. The van der Waals surface area contributed by atoms with E-state index in [-0.39, 0.29) is 12.5 Å². The van der Waals surface area contributed by atoms with Gasteiger partial charge in [0.05, 0.1) is 13.1 Å². The lowest BCUT2D eigenvalue weighted by atomic mass is 10.0. The molecule has 0 aliphatic heterocycles. The molecule has 0 saturated carbocycles. The zero-order valence-electron chi connectivity index (χ0n) is 20.3. The van der Waals surface area contributed by atoms with Gasteiger partial charge in [-0.15, -0.1) is 18.0 Å². The predicted molar refractivity (Wildman–Crippen MR) is 131 cm³/mol. The summed E-state index contributed by atoms with van der Waals surface area (Å²) in [6, 6.07) is 4.60. The second-order valence-electron chi connectivity index (χ2n) is 9.13. The number of alkyl halides is 1. The number of anilines is 1. The van der Waals surface area contributed by atoms with Crippen molar-refractivity contribution in [3.05, 3.63) is 29.3 Å². The largest absolute Gasteiger partial charge is 0.444 e. The van der Waals surface area contributed by atoms with Gasteiger partial charge in [-0.1, -0.05) is 25.8 Å². The van der Waals surface area contributed by atoms with Crippen molar-refractivity contribution in [2.75, 3.05) is 25.5 Å². The minimum absolute atomic E-state index is 0.203. The number of ether oxygens (including phenoxy) is 1. The topological polar surface area (TPSA) is 99.8 Å². The van der Waals surface area contributed by atoms with Gasteiger partial charge in [0, 0.05) is 18.1 Å². The quantitative estimate of drug-likeness (QED) is 0.354. The first-order valence-electron chi connectivity index (χ1n) is 10.7. The SMILES string of the molecule is C#CCN(C)Cc1cc(NC(=O)CNC(=O)C(NC(=O)OC(C)(C)C)C(C)C)ccc1CCl. The van der Waals surface area contributed by atoms with E-state index in [1.165, 1.54) is 0 Å². The summed E-state index contributed by atoms with van der Waals surface area (Å²) in [6.45, 7) is 9.61. The van der Waals surface area contributed by atoms with Gasteiger partial charge in [0.25, 0.3) is 0 Å². The van der Waals surface area contributed by atoms with Crippen LogP contribution in [-0.4, -0.2) is 54.6 Å². The number of benzene rings is 1. The molecule has 0 spiro atoms. The van der Waals surface area contributed by atoms with E-state index in [0.29, 0.717) is 24.7 Å². The smallest absolute Gasteiger partial charge is 0.408 e. The van der Waals surface area contributed by atoms with Crippen LogP contribution < -0.4 is 16.0 Å². The number of rotatable bonds is 10. The van der Waals surface area contributed by atoms with Gasteiger partial charge >= 0.3 is 6.09 Å². The molecule has 1 unspecified atom stereocenters. The number of hydrogen-bond donors (Lipinski definition) is 3. The number of nitrogens with one attached hydrogen (secondary N) is 3. The molecule has 1 rings (SSSR count). The fourth-order valence-corrected chi connectivity index (χ4v) is 3.20. The molecule has 0 radical (unpaired) electrons. The monoisotopic (exact) mass is 478 g/mol. The second kappa shape index (κ2) is 13.1. The van der Waals surface area contributed by atoms with Gasteiger partial charge in [-0.25, -0.2) is 4.79 Å². The molecule has 1 aromatic carbocycles. The van der Waals surface area contributed by atoms with Gasteiger partial charge in [-0.2, -0.15) is 0 Å². The molecule has 1 atom stereocenters. The molecule has 0 saturated heterocycles. The maximum Gasteiger partial charge on any atom is 0.408 e. The number of carbonyl (C=O) groups excluding carboxylic acids is 3. The third kappa shape index (κ3) is 10.6. The van der Waals surface area contributed by atoms with Crippen molar-refractivity contribution >= 4 is 35.2 Å². The Kier molecular flexibility index (Phi) is 11.2. The summed E-state index contributed by atoms with van der Waals surface area (Å²) in [5, 5.41) is 7.89. The molecule has 0 aromatic heterocycles. The normalized spacial score (nSPS) is 12.1. The van der Waals surface area contributed by atoms with Crippen LogP contribution in [0.1, 0.15) is 45.7 Å². The molecule has 0 bridgehead atoms. The van der Waals surface area contributed by atoms with Crippen LogP contribution in [0, 0.1) is 18.3 Å². The second-order valence-corrected chi connectivity index (χ2v) is 9.39. The fraction of sp³-hybridized carbons (Fsp3) is 0.542. The first kappa shape index (κ1) is 28.3. The standard InChI is InChI=1S/C24H35ClN4O4/c1-8-11-29(7)15-18-12-19(10-9-17(18)13-25)27-20(30)14-26-22(31)21(16(2)3)28-23(32)33-24(4,5)6/h1,9-10,12,16,21H,11,13-15H2,2-7H3,(H,26,31)(H,27,30)(H,28,32). The Morgan fingerprint density at radius 2 is 1.88 bits per heavy atom. The number of amides is 3. The average Bonchev–Trinajstić information content (AvgIpc) is 2.69. The lowest BCUT2D eigenvalue weighted by Crippen LogP contribution is -2.52. The number of hydrogen-bond acceptors (Lipinski definition) is 5. The molecule has 0 aliphatic carbocycles. The molecular formula is C24H35ClN4O4. The Labute approximate surface area is 201 Å². The third-order valence-corrected chi connectivity index (χ3v) is 4.77. The zero-order valence-corrected chi connectivity index (χ0v) is 21.0. The molecule has 9 heteroatoms. The van der Waals surface area contributed by atoms with Crippen molar-refractivity contribution in [2.45, 2.75) is 58.7 Å². The van der Waals surface area contributed by atoms with E-state index in [2.05, 4.69) is 21.9 Å². The average molecular weight is 479 g/mol. The van der Waals surface area contributed by atoms with E-state index < -0.39 is 29.6 Å². The number of nitrogens with zero attached hydrogens (tertiary/aromatic N) is 1. The van der Waals surface area contributed by atoms with Crippen LogP contribution in [0.4, 0.5) is 10.5 Å². The van der Waals surface area contributed by atoms with Gasteiger partial charge in [0.1, 0.15) is 11.6 Å². The van der Waals surface area contributed by atoms with Crippen LogP contribution in [0.5, 0.6) is 0 Å². The number of alkyl carbamates (subject to hydrolysis) is 1. The van der Waals surface area contributed by atoms with E-state index in [9.17, 15) is 14.4 Å². The Hall–Kier alpha value is -2.76. The Morgan fingerprint density at radius 1 is 1.21 bits per heavy atom. The summed E-state index contributed by atoms with van der Waals surface area (Å²) in [7, 11) is 1.90. The van der Waals surface area contributed by atoms with E-state index >= 15 is 0 Å². The van der Waals surface area contributed by atoms with Gasteiger partial charge in [0.15, 0.2) is 0 Å². The Bertz CT molecular complexity index is 874. The van der Waals surface area contributed by atoms with Crippen LogP contribution in [0.3, 0.4) is 0 Å². The molecule has 8 nitrogen and oxygen atoms in total. The molecule has 0 fully saturated rings. The molecule has 3 N–H and O–H groups in total. The van der Waals surface area contributed by atoms with Crippen molar-refractivity contribution < 1.29 is 19.1 Å². The highest BCUT2D eigenvalue weighted by Crippen LogP contribution is 2.19. The molecule has 0 aliphatic rings. The molecule has 1 aromatic rings. The number of carbonyl (C=O) groups is 3. The first-order chi connectivity index (χ1) is 15.4. The van der Waals surface area contributed by atoms with Crippen LogP contribution in [0.2, 0.25) is 0 Å². The highest BCUT2D eigenvalue weighted by Gasteiger charge is 2.27. The summed E-state index contributed by atoms with van der Waals surface area (Å²) >= 11 is 6.03. The first-order valence-corrected chi connectivity index (χ1v) is 11.3.